The standard InChI is InChI=1S/C19H18ClFN2O2/c1-12-6-7-15(20)9-17(12)23-11-14(8-18(23)24)19(25)22-10-13-4-2-3-5-16(13)21/h2-7,9,14H,8,10-11H2,1H3,(H,22,25). The van der Waals surface area contributed by atoms with Gasteiger partial charge in [-0.3, -0.25) is 9.59 Å². The Morgan fingerprint density at radius 2 is 2.08 bits per heavy atom. The minimum absolute atomic E-state index is 0.104. The number of nitrogens with zero attached hydrogens (tertiary/aromatic N) is 1. The molecule has 130 valence electrons. The van der Waals surface area contributed by atoms with Crippen LogP contribution in [0.3, 0.4) is 0 Å². The summed E-state index contributed by atoms with van der Waals surface area (Å²) in [5.41, 5.74) is 2.06. The van der Waals surface area contributed by atoms with Gasteiger partial charge in [-0.25, -0.2) is 4.39 Å². The largest absolute Gasteiger partial charge is 0.352 e. The maximum atomic E-state index is 13.6. The number of hydrogen-bond donors (Lipinski definition) is 1. The molecule has 1 fully saturated rings. The molecule has 4 nitrogen and oxygen atoms in total. The van der Waals surface area contributed by atoms with E-state index in [0.29, 0.717) is 17.1 Å². The first-order valence-electron chi connectivity index (χ1n) is 8.03. The number of nitrogens with one attached hydrogen (secondary N) is 1. The highest BCUT2D eigenvalue weighted by Crippen LogP contribution is 2.30. The van der Waals surface area contributed by atoms with E-state index in [9.17, 15) is 14.0 Å². The average Bonchev–Trinajstić information content (AvgIpc) is 2.98. The fourth-order valence-electron chi connectivity index (χ4n) is 2.96. The van der Waals surface area contributed by atoms with Crippen molar-refractivity contribution in [1.29, 1.82) is 0 Å². The van der Waals surface area contributed by atoms with Crippen molar-refractivity contribution in [2.75, 3.05) is 11.4 Å². The number of rotatable bonds is 4. The van der Waals surface area contributed by atoms with Crippen LogP contribution in [0.1, 0.15) is 17.5 Å². The lowest BCUT2D eigenvalue weighted by Gasteiger charge is -2.19. The Balaban J connectivity index is 1.67. The number of anilines is 1. The molecular formula is C19H18ClFN2O2. The number of carbonyl (C=O) groups excluding carboxylic acids is 2. The van der Waals surface area contributed by atoms with E-state index >= 15 is 0 Å². The molecule has 1 saturated heterocycles. The van der Waals surface area contributed by atoms with Crippen molar-refractivity contribution in [2.45, 2.75) is 19.9 Å². The van der Waals surface area contributed by atoms with Gasteiger partial charge in [0.15, 0.2) is 0 Å². The SMILES string of the molecule is Cc1ccc(Cl)cc1N1CC(C(=O)NCc2ccccc2F)CC1=O. The highest BCUT2D eigenvalue weighted by Gasteiger charge is 2.35. The van der Waals surface area contributed by atoms with Crippen LogP contribution >= 0.6 is 11.6 Å². The van der Waals surface area contributed by atoms with E-state index in [4.69, 9.17) is 11.6 Å². The number of hydrogen-bond acceptors (Lipinski definition) is 2. The second-order valence-corrected chi connectivity index (χ2v) is 6.58. The number of benzene rings is 2. The van der Waals surface area contributed by atoms with Gasteiger partial charge in [-0.15, -0.1) is 0 Å². The molecule has 1 heterocycles. The van der Waals surface area contributed by atoms with Gasteiger partial charge in [0, 0.05) is 35.8 Å². The predicted octanol–water partition coefficient (Wildman–Crippen LogP) is 3.46. The molecule has 0 saturated carbocycles. The summed E-state index contributed by atoms with van der Waals surface area (Å²) in [5.74, 6) is -1.19. The van der Waals surface area contributed by atoms with Gasteiger partial charge >= 0.3 is 0 Å². The van der Waals surface area contributed by atoms with Crippen LogP contribution in [0.2, 0.25) is 5.02 Å². The molecule has 1 aliphatic rings. The Labute approximate surface area is 150 Å². The first kappa shape index (κ1) is 17.4. The van der Waals surface area contributed by atoms with Gasteiger partial charge in [-0.1, -0.05) is 35.9 Å². The molecule has 2 aromatic rings. The normalized spacial score (nSPS) is 17.0. The summed E-state index contributed by atoms with van der Waals surface area (Å²) in [5, 5.41) is 3.26. The van der Waals surface area contributed by atoms with Gasteiger partial charge in [-0.2, -0.15) is 0 Å². The summed E-state index contributed by atoms with van der Waals surface area (Å²) in [7, 11) is 0. The molecule has 25 heavy (non-hydrogen) atoms. The van der Waals surface area contributed by atoms with E-state index in [1.807, 2.05) is 13.0 Å². The van der Waals surface area contributed by atoms with Crippen LogP contribution in [0.25, 0.3) is 0 Å². The molecule has 2 amide bonds. The topological polar surface area (TPSA) is 49.4 Å². The van der Waals surface area contributed by atoms with E-state index in [1.54, 1.807) is 35.2 Å². The van der Waals surface area contributed by atoms with Crippen LogP contribution in [0.5, 0.6) is 0 Å². The van der Waals surface area contributed by atoms with Crippen LogP contribution in [-0.2, 0) is 16.1 Å². The lowest BCUT2D eigenvalue weighted by atomic mass is 10.1. The summed E-state index contributed by atoms with van der Waals surface area (Å²) < 4.78 is 13.6. The Morgan fingerprint density at radius 1 is 1.32 bits per heavy atom. The first-order chi connectivity index (χ1) is 12.0. The maximum absolute atomic E-state index is 13.6. The third-order valence-corrected chi connectivity index (χ3v) is 4.60. The molecule has 1 aliphatic heterocycles. The number of halogens is 2. The van der Waals surface area contributed by atoms with Crippen molar-refractivity contribution in [3.63, 3.8) is 0 Å². The Morgan fingerprint density at radius 3 is 2.84 bits per heavy atom. The van der Waals surface area contributed by atoms with Crippen LogP contribution in [0, 0.1) is 18.7 Å². The maximum Gasteiger partial charge on any atom is 0.227 e. The van der Waals surface area contributed by atoms with E-state index in [-0.39, 0.29) is 30.6 Å². The highest BCUT2D eigenvalue weighted by atomic mass is 35.5. The molecule has 1 N–H and O–H groups in total. The summed E-state index contributed by atoms with van der Waals surface area (Å²) in [4.78, 5) is 26.3. The Hall–Kier alpha value is -2.40. The van der Waals surface area contributed by atoms with E-state index in [1.165, 1.54) is 6.07 Å². The van der Waals surface area contributed by atoms with Gasteiger partial charge in [0.2, 0.25) is 11.8 Å². The lowest BCUT2D eigenvalue weighted by Crippen LogP contribution is -2.33. The monoisotopic (exact) mass is 360 g/mol. The van der Waals surface area contributed by atoms with Crippen LogP contribution < -0.4 is 10.2 Å². The lowest BCUT2D eigenvalue weighted by molar-refractivity contribution is -0.126. The van der Waals surface area contributed by atoms with Crippen molar-refractivity contribution in [1.82, 2.24) is 5.32 Å². The van der Waals surface area contributed by atoms with E-state index in [2.05, 4.69) is 5.32 Å². The Bertz CT molecular complexity index is 825. The molecule has 3 rings (SSSR count). The molecule has 0 aromatic heterocycles. The van der Waals surface area contributed by atoms with E-state index in [0.717, 1.165) is 11.3 Å². The predicted molar refractivity (Wildman–Crippen MR) is 94.9 cm³/mol. The van der Waals surface area contributed by atoms with Crippen LogP contribution in [-0.4, -0.2) is 18.4 Å². The number of amides is 2. The van der Waals surface area contributed by atoms with Crippen molar-refractivity contribution in [3.05, 3.63) is 64.4 Å². The molecule has 2 aromatic carbocycles. The summed E-state index contributed by atoms with van der Waals surface area (Å²) in [6.07, 6.45) is 0.134. The molecule has 1 unspecified atom stereocenters. The molecule has 0 spiro atoms. The van der Waals surface area contributed by atoms with Crippen molar-refractivity contribution >= 4 is 29.1 Å². The van der Waals surface area contributed by atoms with Crippen LogP contribution in [0.4, 0.5) is 10.1 Å². The summed E-state index contributed by atoms with van der Waals surface area (Å²) in [6, 6.07) is 11.6. The van der Waals surface area contributed by atoms with Crippen molar-refractivity contribution in [2.24, 2.45) is 5.92 Å². The number of aryl methyl sites for hydroxylation is 1. The smallest absolute Gasteiger partial charge is 0.227 e. The second-order valence-electron chi connectivity index (χ2n) is 6.15. The minimum Gasteiger partial charge on any atom is -0.352 e. The van der Waals surface area contributed by atoms with Gasteiger partial charge in [0.1, 0.15) is 5.82 Å². The summed E-state index contributed by atoms with van der Waals surface area (Å²) in [6.45, 7) is 2.29. The molecule has 0 radical (unpaired) electrons. The second kappa shape index (κ2) is 7.23. The number of carbonyl (C=O) groups is 2. The van der Waals surface area contributed by atoms with Gasteiger partial charge in [-0.05, 0) is 30.7 Å². The third kappa shape index (κ3) is 3.82. The van der Waals surface area contributed by atoms with Gasteiger partial charge < -0.3 is 10.2 Å². The van der Waals surface area contributed by atoms with Gasteiger partial charge in [0.05, 0.1) is 5.92 Å². The van der Waals surface area contributed by atoms with Gasteiger partial charge in [0.25, 0.3) is 0 Å². The summed E-state index contributed by atoms with van der Waals surface area (Å²) >= 11 is 6.02. The fraction of sp³-hybridized carbons (Fsp3) is 0.263. The average molecular weight is 361 g/mol. The molecular weight excluding hydrogens is 343 g/mol. The molecule has 0 aliphatic carbocycles. The zero-order chi connectivity index (χ0) is 18.0. The quantitative estimate of drug-likeness (QED) is 0.907. The van der Waals surface area contributed by atoms with E-state index < -0.39 is 5.92 Å². The van der Waals surface area contributed by atoms with Crippen molar-refractivity contribution < 1.29 is 14.0 Å². The Kier molecular flexibility index (Phi) is 5.04. The highest BCUT2D eigenvalue weighted by molar-refractivity contribution is 6.31. The molecule has 0 bridgehead atoms. The van der Waals surface area contributed by atoms with Crippen LogP contribution in [0.15, 0.2) is 42.5 Å². The minimum atomic E-state index is -0.461. The fourth-order valence-corrected chi connectivity index (χ4v) is 3.12. The third-order valence-electron chi connectivity index (χ3n) is 4.37. The molecule has 6 heteroatoms. The zero-order valence-electron chi connectivity index (χ0n) is 13.8. The first-order valence-corrected chi connectivity index (χ1v) is 8.41. The molecule has 1 atom stereocenters. The van der Waals surface area contributed by atoms with Crippen molar-refractivity contribution in [3.8, 4) is 0 Å². The zero-order valence-corrected chi connectivity index (χ0v) is 14.5.